The lowest BCUT2D eigenvalue weighted by atomic mass is 10.0. The van der Waals surface area contributed by atoms with E-state index in [4.69, 9.17) is 9.26 Å². The van der Waals surface area contributed by atoms with E-state index in [-0.39, 0.29) is 19.0 Å². The Kier molecular flexibility index (Phi) is 4.52. The van der Waals surface area contributed by atoms with Gasteiger partial charge in [0.05, 0.1) is 11.3 Å². The maximum absolute atomic E-state index is 11.9. The number of carbonyl (C=O) groups is 1. The number of hydrogen-bond donors (Lipinski definition) is 0. The van der Waals surface area contributed by atoms with Crippen LogP contribution in [0.1, 0.15) is 22.6 Å². The number of esters is 1. The second-order valence-corrected chi connectivity index (χ2v) is 6.19. The van der Waals surface area contributed by atoms with Crippen molar-refractivity contribution in [2.75, 3.05) is 0 Å². The highest BCUT2D eigenvalue weighted by molar-refractivity contribution is 7.13. The number of hydrogen-bond acceptors (Lipinski definition) is 6. The Labute approximate surface area is 137 Å². The van der Waals surface area contributed by atoms with Gasteiger partial charge in [-0.25, -0.2) is 0 Å². The molecule has 118 valence electrons. The van der Waals surface area contributed by atoms with E-state index in [0.29, 0.717) is 11.7 Å². The van der Waals surface area contributed by atoms with Gasteiger partial charge < -0.3 is 9.26 Å². The van der Waals surface area contributed by atoms with E-state index >= 15 is 0 Å². The van der Waals surface area contributed by atoms with Gasteiger partial charge in [-0.3, -0.25) is 4.79 Å². The minimum atomic E-state index is -0.316. The van der Waals surface area contributed by atoms with Crippen LogP contribution in [0.3, 0.4) is 0 Å². The average Bonchev–Trinajstić information content (AvgIpc) is 3.19. The van der Waals surface area contributed by atoms with Crippen LogP contribution in [0, 0.1) is 13.8 Å². The fraction of sp³-hybridized carbons (Fsp3) is 0.235. The Morgan fingerprint density at radius 1 is 1.26 bits per heavy atom. The predicted octanol–water partition coefficient (Wildman–Crippen LogP) is 3.70. The van der Waals surface area contributed by atoms with Crippen molar-refractivity contribution in [1.82, 2.24) is 10.1 Å². The maximum atomic E-state index is 11.9. The molecule has 0 unspecified atom stereocenters. The van der Waals surface area contributed by atoms with Gasteiger partial charge in [-0.2, -0.15) is 4.98 Å². The molecule has 2 aromatic heterocycles. The minimum Gasteiger partial charge on any atom is -0.455 e. The number of carbonyl (C=O) groups excluding carboxylic acids is 1. The topological polar surface area (TPSA) is 65.2 Å². The van der Waals surface area contributed by atoms with Gasteiger partial charge in [0.1, 0.15) is 0 Å². The molecular formula is C17H16N2O3S. The molecule has 0 saturated heterocycles. The van der Waals surface area contributed by atoms with Crippen molar-refractivity contribution in [3.8, 4) is 10.7 Å². The van der Waals surface area contributed by atoms with E-state index in [9.17, 15) is 4.79 Å². The summed E-state index contributed by atoms with van der Waals surface area (Å²) < 4.78 is 10.3. The highest BCUT2D eigenvalue weighted by Crippen LogP contribution is 2.21. The predicted molar refractivity (Wildman–Crippen MR) is 87.0 cm³/mol. The third kappa shape index (κ3) is 3.84. The quantitative estimate of drug-likeness (QED) is 0.668. The Morgan fingerprint density at radius 3 is 2.87 bits per heavy atom. The summed E-state index contributed by atoms with van der Waals surface area (Å²) in [6, 6.07) is 9.76. The van der Waals surface area contributed by atoms with Crippen LogP contribution in [-0.2, 0) is 22.6 Å². The van der Waals surface area contributed by atoms with Gasteiger partial charge in [0, 0.05) is 0 Å². The van der Waals surface area contributed by atoms with E-state index in [2.05, 4.69) is 10.1 Å². The molecule has 0 aliphatic rings. The molecule has 23 heavy (non-hydrogen) atoms. The van der Waals surface area contributed by atoms with Gasteiger partial charge >= 0.3 is 5.97 Å². The Bertz CT molecular complexity index is 809. The first kappa shape index (κ1) is 15.4. The van der Waals surface area contributed by atoms with Gasteiger partial charge in [0.15, 0.2) is 6.61 Å². The zero-order chi connectivity index (χ0) is 16.2. The van der Waals surface area contributed by atoms with Crippen molar-refractivity contribution in [2.24, 2.45) is 0 Å². The maximum Gasteiger partial charge on any atom is 0.310 e. The molecule has 0 N–H and O–H groups in total. The molecule has 0 saturated carbocycles. The van der Waals surface area contributed by atoms with Crippen LogP contribution in [0.15, 0.2) is 40.2 Å². The van der Waals surface area contributed by atoms with E-state index in [1.165, 1.54) is 16.9 Å². The molecule has 2 heterocycles. The summed E-state index contributed by atoms with van der Waals surface area (Å²) in [4.78, 5) is 17.0. The molecule has 0 bridgehead atoms. The molecule has 3 rings (SSSR count). The number of thiophene rings is 1. The zero-order valence-electron chi connectivity index (χ0n) is 12.9. The number of nitrogens with zero attached hydrogens (tertiary/aromatic N) is 2. The zero-order valence-corrected chi connectivity index (χ0v) is 13.7. The Hall–Kier alpha value is -2.47. The van der Waals surface area contributed by atoms with E-state index in [0.717, 1.165) is 16.0 Å². The highest BCUT2D eigenvalue weighted by atomic mass is 32.1. The van der Waals surface area contributed by atoms with Gasteiger partial charge in [0.25, 0.3) is 5.89 Å². The standard InChI is InChI=1S/C17H16N2O3S/c1-11-5-6-13(8-12(11)2)9-16(20)21-10-15-18-17(19-22-15)14-4-3-7-23-14/h3-8H,9-10H2,1-2H3. The van der Waals surface area contributed by atoms with Crippen molar-refractivity contribution in [2.45, 2.75) is 26.9 Å². The van der Waals surface area contributed by atoms with Crippen LogP contribution in [0.25, 0.3) is 10.7 Å². The molecule has 0 spiro atoms. The van der Waals surface area contributed by atoms with E-state index in [1.807, 2.05) is 49.6 Å². The smallest absolute Gasteiger partial charge is 0.310 e. The molecule has 0 atom stereocenters. The van der Waals surface area contributed by atoms with Crippen molar-refractivity contribution >= 4 is 17.3 Å². The molecule has 1 aromatic carbocycles. The Morgan fingerprint density at radius 2 is 2.13 bits per heavy atom. The summed E-state index contributed by atoms with van der Waals surface area (Å²) in [5.41, 5.74) is 3.30. The summed E-state index contributed by atoms with van der Waals surface area (Å²) in [5, 5.41) is 5.81. The lowest BCUT2D eigenvalue weighted by Crippen LogP contribution is -2.08. The van der Waals surface area contributed by atoms with Crippen molar-refractivity contribution in [3.63, 3.8) is 0 Å². The molecular weight excluding hydrogens is 312 g/mol. The highest BCUT2D eigenvalue weighted by Gasteiger charge is 2.12. The summed E-state index contributed by atoms with van der Waals surface area (Å²) in [7, 11) is 0. The molecule has 0 aliphatic carbocycles. The van der Waals surface area contributed by atoms with Gasteiger partial charge in [0.2, 0.25) is 5.82 Å². The first-order valence-corrected chi connectivity index (χ1v) is 8.08. The number of aryl methyl sites for hydroxylation is 2. The normalized spacial score (nSPS) is 10.7. The Balaban J connectivity index is 1.55. The molecule has 0 radical (unpaired) electrons. The third-order valence-corrected chi connectivity index (χ3v) is 4.35. The molecule has 0 aliphatic heterocycles. The summed E-state index contributed by atoms with van der Waals surface area (Å²) in [5.74, 6) is 0.492. The largest absolute Gasteiger partial charge is 0.455 e. The van der Waals surface area contributed by atoms with E-state index in [1.54, 1.807) is 0 Å². The van der Waals surface area contributed by atoms with Crippen molar-refractivity contribution in [3.05, 3.63) is 58.3 Å². The van der Waals surface area contributed by atoms with Crippen LogP contribution in [0.2, 0.25) is 0 Å². The second kappa shape index (κ2) is 6.75. The van der Waals surface area contributed by atoms with Crippen LogP contribution < -0.4 is 0 Å². The molecule has 3 aromatic rings. The molecule has 6 heteroatoms. The lowest BCUT2D eigenvalue weighted by molar-refractivity contribution is -0.144. The molecule has 5 nitrogen and oxygen atoms in total. The summed E-state index contributed by atoms with van der Waals surface area (Å²) in [6.45, 7) is 4.05. The van der Waals surface area contributed by atoms with Crippen LogP contribution in [0.4, 0.5) is 0 Å². The second-order valence-electron chi connectivity index (χ2n) is 5.25. The van der Waals surface area contributed by atoms with Gasteiger partial charge in [-0.1, -0.05) is 29.4 Å². The number of benzene rings is 1. The fourth-order valence-corrected chi connectivity index (χ4v) is 2.74. The van der Waals surface area contributed by atoms with Crippen molar-refractivity contribution in [1.29, 1.82) is 0 Å². The van der Waals surface area contributed by atoms with Crippen LogP contribution >= 0.6 is 11.3 Å². The van der Waals surface area contributed by atoms with Gasteiger partial charge in [-0.15, -0.1) is 11.3 Å². The summed E-state index contributed by atoms with van der Waals surface area (Å²) >= 11 is 1.53. The SMILES string of the molecule is Cc1ccc(CC(=O)OCc2nc(-c3cccs3)no2)cc1C. The first-order chi connectivity index (χ1) is 11.1. The number of ether oxygens (including phenoxy) is 1. The molecule has 0 amide bonds. The third-order valence-electron chi connectivity index (χ3n) is 3.49. The van der Waals surface area contributed by atoms with Crippen LogP contribution in [-0.4, -0.2) is 16.1 Å². The molecule has 0 fully saturated rings. The van der Waals surface area contributed by atoms with Gasteiger partial charge in [-0.05, 0) is 42.0 Å². The van der Waals surface area contributed by atoms with E-state index < -0.39 is 0 Å². The monoisotopic (exact) mass is 328 g/mol. The minimum absolute atomic E-state index is 0.0119. The number of rotatable bonds is 5. The number of aromatic nitrogens is 2. The lowest BCUT2D eigenvalue weighted by Gasteiger charge is -2.05. The first-order valence-electron chi connectivity index (χ1n) is 7.20. The fourth-order valence-electron chi connectivity index (χ4n) is 2.09. The average molecular weight is 328 g/mol. The van der Waals surface area contributed by atoms with Crippen LogP contribution in [0.5, 0.6) is 0 Å². The van der Waals surface area contributed by atoms with Crippen molar-refractivity contribution < 1.29 is 14.1 Å². The summed E-state index contributed by atoms with van der Waals surface area (Å²) in [6.07, 6.45) is 0.229.